The number of aliphatic imine (C=N–C) groups is 1. The molecule has 3 aromatic rings. The zero-order valence-electron chi connectivity index (χ0n) is 20.7. The minimum absolute atomic E-state index is 0.263. The second-order valence-electron chi connectivity index (χ2n) is 9.50. The number of hydrogen-bond acceptors (Lipinski definition) is 3. The fraction of sp³-hybridized carbons (Fsp3) is 0.400. The summed E-state index contributed by atoms with van der Waals surface area (Å²) in [5.41, 5.74) is 8.02. The van der Waals surface area contributed by atoms with Crippen molar-refractivity contribution in [1.82, 2.24) is 9.55 Å². The summed E-state index contributed by atoms with van der Waals surface area (Å²) in [5, 5.41) is 9.95. The van der Waals surface area contributed by atoms with E-state index in [2.05, 4.69) is 77.4 Å². The quantitative estimate of drug-likeness (QED) is 0.311. The average Bonchev–Trinajstić information content (AvgIpc) is 3.16. The number of aliphatic hydroxyl groups is 1. The van der Waals surface area contributed by atoms with Crippen LogP contribution in [0.2, 0.25) is 0 Å². The molecule has 1 aromatic carbocycles. The molecule has 1 N–H and O–H groups in total. The molecule has 1 aliphatic rings. The first-order chi connectivity index (χ1) is 16.6. The van der Waals surface area contributed by atoms with E-state index in [1.807, 2.05) is 20.3 Å². The van der Waals surface area contributed by atoms with Crippen molar-refractivity contribution in [2.45, 2.75) is 51.4 Å². The maximum Gasteiger partial charge on any atom is 0.0706 e. The fourth-order valence-corrected chi connectivity index (χ4v) is 5.19. The lowest BCUT2D eigenvalue weighted by molar-refractivity contribution is 0.208. The highest BCUT2D eigenvalue weighted by atomic mass is 16.3. The van der Waals surface area contributed by atoms with Crippen LogP contribution >= 0.6 is 0 Å². The molecule has 34 heavy (non-hydrogen) atoms. The molecule has 4 heteroatoms. The number of aliphatic hydroxyl groups excluding tert-OH is 1. The van der Waals surface area contributed by atoms with Crippen LogP contribution in [0.25, 0.3) is 28.0 Å². The topological polar surface area (TPSA) is 50.4 Å². The van der Waals surface area contributed by atoms with E-state index in [4.69, 9.17) is 4.98 Å². The Hall–Kier alpha value is -2.98. The lowest BCUT2D eigenvalue weighted by atomic mass is 9.86. The van der Waals surface area contributed by atoms with Crippen LogP contribution in [0.1, 0.15) is 62.6 Å². The van der Waals surface area contributed by atoms with Gasteiger partial charge in [-0.15, -0.1) is 0 Å². The molecule has 2 unspecified atom stereocenters. The third-order valence-electron chi connectivity index (χ3n) is 6.93. The molecule has 2 atom stereocenters. The highest BCUT2D eigenvalue weighted by molar-refractivity contribution is 6.10. The predicted octanol–water partition coefficient (Wildman–Crippen LogP) is 6.90. The van der Waals surface area contributed by atoms with E-state index >= 15 is 0 Å². The Kier molecular flexibility index (Phi) is 8.12. The van der Waals surface area contributed by atoms with E-state index in [-0.39, 0.29) is 6.61 Å². The number of nitrogens with zero attached hydrogens (tertiary/aromatic N) is 3. The van der Waals surface area contributed by atoms with Crippen LogP contribution < -0.4 is 0 Å². The van der Waals surface area contributed by atoms with E-state index in [0.29, 0.717) is 11.8 Å². The molecule has 178 valence electrons. The van der Waals surface area contributed by atoms with Gasteiger partial charge in [0, 0.05) is 56.4 Å². The van der Waals surface area contributed by atoms with Crippen LogP contribution in [0, 0.1) is 5.92 Å². The smallest absolute Gasteiger partial charge is 0.0706 e. The predicted molar refractivity (Wildman–Crippen MR) is 143 cm³/mol. The zero-order chi connectivity index (χ0) is 23.9. The van der Waals surface area contributed by atoms with Gasteiger partial charge in [0.05, 0.1) is 11.4 Å². The van der Waals surface area contributed by atoms with Gasteiger partial charge in [0.1, 0.15) is 0 Å². The molecule has 4 nitrogen and oxygen atoms in total. The summed E-state index contributed by atoms with van der Waals surface area (Å²) in [4.78, 5) is 9.64. The van der Waals surface area contributed by atoms with Gasteiger partial charge in [-0.2, -0.15) is 0 Å². The van der Waals surface area contributed by atoms with Crippen molar-refractivity contribution in [1.29, 1.82) is 0 Å². The molecule has 0 saturated heterocycles. The van der Waals surface area contributed by atoms with Crippen LogP contribution in [0.3, 0.4) is 0 Å². The second-order valence-corrected chi connectivity index (χ2v) is 9.50. The van der Waals surface area contributed by atoms with Crippen LogP contribution in [0.15, 0.2) is 65.9 Å². The number of allylic oxidation sites excluding steroid dienone is 2. The number of hydrogen-bond donors (Lipinski definition) is 1. The number of pyridine rings is 1. The van der Waals surface area contributed by atoms with E-state index in [1.165, 1.54) is 29.5 Å². The number of aryl methyl sites for hydroxylation is 1. The lowest BCUT2D eigenvalue weighted by Crippen LogP contribution is -2.12. The summed E-state index contributed by atoms with van der Waals surface area (Å²) >= 11 is 0. The Morgan fingerprint density at radius 2 is 1.94 bits per heavy atom. The summed E-state index contributed by atoms with van der Waals surface area (Å²) in [7, 11) is 3.88. The number of rotatable bonds is 7. The third kappa shape index (κ3) is 5.56. The molecule has 0 bridgehead atoms. The van der Waals surface area contributed by atoms with Crippen LogP contribution in [-0.4, -0.2) is 34.5 Å². The molecular weight excluding hydrogens is 418 g/mol. The van der Waals surface area contributed by atoms with Crippen molar-refractivity contribution in [3.05, 3.63) is 72.2 Å². The van der Waals surface area contributed by atoms with Gasteiger partial charge < -0.3 is 9.67 Å². The maximum atomic E-state index is 9.95. The van der Waals surface area contributed by atoms with Crippen LogP contribution in [-0.2, 0) is 7.05 Å². The third-order valence-corrected chi connectivity index (χ3v) is 6.93. The molecule has 0 aliphatic heterocycles. The van der Waals surface area contributed by atoms with E-state index < -0.39 is 0 Å². The van der Waals surface area contributed by atoms with Crippen molar-refractivity contribution in [3.63, 3.8) is 0 Å². The van der Waals surface area contributed by atoms with Crippen LogP contribution in [0.4, 0.5) is 0 Å². The largest absolute Gasteiger partial charge is 0.396 e. The Balaban J connectivity index is 1.80. The van der Waals surface area contributed by atoms with E-state index in [9.17, 15) is 5.11 Å². The van der Waals surface area contributed by atoms with Gasteiger partial charge in [0.15, 0.2) is 0 Å². The molecule has 1 fully saturated rings. The van der Waals surface area contributed by atoms with Crippen molar-refractivity contribution in [3.8, 4) is 22.4 Å². The Morgan fingerprint density at radius 1 is 1.12 bits per heavy atom. The molecular formula is C30H37N3O. The highest BCUT2D eigenvalue weighted by Gasteiger charge is 2.25. The number of aromatic nitrogens is 2. The van der Waals surface area contributed by atoms with Gasteiger partial charge in [0.2, 0.25) is 0 Å². The molecule has 2 heterocycles. The normalized spacial score (nSPS) is 19.5. The summed E-state index contributed by atoms with van der Waals surface area (Å²) < 4.78 is 2.08. The first kappa shape index (κ1) is 24.2. The minimum atomic E-state index is 0.263. The minimum Gasteiger partial charge on any atom is -0.396 e. The molecule has 1 saturated carbocycles. The SMILES string of the molecule is CC/C=C(\C=NC)c1ccc(-c2cccc(-c3ccn(C)c3)c2)nc1C1CCCCC(CO)C1. The van der Waals surface area contributed by atoms with Gasteiger partial charge in [-0.1, -0.05) is 50.1 Å². The molecule has 2 aromatic heterocycles. The van der Waals surface area contributed by atoms with Crippen molar-refractivity contribution >= 4 is 11.8 Å². The summed E-state index contributed by atoms with van der Waals surface area (Å²) in [6.07, 6.45) is 15.0. The summed E-state index contributed by atoms with van der Waals surface area (Å²) in [5.74, 6) is 0.697. The second kappa shape index (κ2) is 11.4. The first-order valence-corrected chi connectivity index (χ1v) is 12.6. The molecule has 4 rings (SSSR count). The van der Waals surface area contributed by atoms with Crippen molar-refractivity contribution in [2.24, 2.45) is 18.0 Å². The molecule has 0 radical (unpaired) electrons. The van der Waals surface area contributed by atoms with Gasteiger partial charge in [-0.25, -0.2) is 0 Å². The standard InChI is InChI=1S/C30H37N3O/c1-4-8-26(19-31-2)28-13-14-29(32-30(28)25-10-6-5-9-22(17-25)21-34)24-12-7-11-23(18-24)27-15-16-33(3)20-27/h7-8,11-16,18-20,22,25,34H,4-6,9-10,17,21H2,1-3H3/b26-8+,31-19?. The summed E-state index contributed by atoms with van der Waals surface area (Å²) in [6.45, 7) is 2.42. The molecule has 0 spiro atoms. The van der Waals surface area contributed by atoms with Gasteiger partial charge in [-0.3, -0.25) is 9.98 Å². The average molecular weight is 456 g/mol. The van der Waals surface area contributed by atoms with Crippen molar-refractivity contribution in [2.75, 3.05) is 13.7 Å². The lowest BCUT2D eigenvalue weighted by Gasteiger charge is -2.22. The monoisotopic (exact) mass is 455 g/mol. The highest BCUT2D eigenvalue weighted by Crippen LogP contribution is 2.38. The number of benzene rings is 1. The fourth-order valence-electron chi connectivity index (χ4n) is 5.19. The zero-order valence-corrected chi connectivity index (χ0v) is 20.7. The van der Waals surface area contributed by atoms with E-state index in [1.54, 1.807) is 0 Å². The Labute approximate surface area is 204 Å². The summed E-state index contributed by atoms with van der Waals surface area (Å²) in [6, 6.07) is 15.2. The van der Waals surface area contributed by atoms with E-state index in [0.717, 1.165) is 48.2 Å². The Bertz CT molecular complexity index is 1160. The molecule has 1 aliphatic carbocycles. The van der Waals surface area contributed by atoms with Gasteiger partial charge in [-0.05, 0) is 66.5 Å². The first-order valence-electron chi connectivity index (χ1n) is 12.6. The maximum absolute atomic E-state index is 9.95. The molecule has 0 amide bonds. The van der Waals surface area contributed by atoms with Crippen molar-refractivity contribution < 1.29 is 5.11 Å². The van der Waals surface area contributed by atoms with Crippen LogP contribution in [0.5, 0.6) is 0 Å². The Morgan fingerprint density at radius 3 is 2.68 bits per heavy atom. The van der Waals surface area contributed by atoms with Gasteiger partial charge >= 0.3 is 0 Å². The van der Waals surface area contributed by atoms with Gasteiger partial charge in [0.25, 0.3) is 0 Å².